The molecule has 0 aliphatic carbocycles. The van der Waals surface area contributed by atoms with E-state index in [4.69, 9.17) is 5.73 Å². The van der Waals surface area contributed by atoms with Gasteiger partial charge in [0.15, 0.2) is 0 Å². The van der Waals surface area contributed by atoms with Gasteiger partial charge in [-0.1, -0.05) is 0 Å². The van der Waals surface area contributed by atoms with Gasteiger partial charge in [-0.2, -0.15) is 0 Å². The monoisotopic (exact) mass is 290 g/mol. The largest absolute Gasteiger partial charge is 0.468 e. The van der Waals surface area contributed by atoms with Gasteiger partial charge in [-0.15, -0.1) is 12.4 Å². The lowest BCUT2D eigenvalue weighted by molar-refractivity contribution is -0.142. The maximum absolute atomic E-state index is 13.4. The van der Waals surface area contributed by atoms with E-state index in [1.165, 1.54) is 19.4 Å². The summed E-state index contributed by atoms with van der Waals surface area (Å²) in [7, 11) is 1.23. The highest BCUT2D eigenvalue weighted by molar-refractivity contribution is 5.85. The Morgan fingerprint density at radius 1 is 1.47 bits per heavy atom. The minimum atomic E-state index is -0.861. The molecule has 1 heterocycles. The van der Waals surface area contributed by atoms with Crippen molar-refractivity contribution in [2.45, 2.75) is 12.5 Å². The summed E-state index contributed by atoms with van der Waals surface area (Å²) in [4.78, 5) is 13.9. The zero-order chi connectivity index (χ0) is 13.3. The lowest BCUT2D eigenvalue weighted by Gasteiger charge is -2.08. The molecule has 0 saturated heterocycles. The normalized spacial score (nSPS) is 12.0. The Labute approximate surface area is 114 Å². The van der Waals surface area contributed by atoms with Gasteiger partial charge >= 0.3 is 5.97 Å². The molecule has 2 rings (SSSR count). The smallest absolute Gasteiger partial charge is 0.322 e. The van der Waals surface area contributed by atoms with E-state index in [-0.39, 0.29) is 24.3 Å². The SMILES string of the molecule is COC(=O)[C@@H](N)Cc1c[nH]c2c(F)cc(F)cc12.Cl. The number of halogens is 3. The molecule has 0 bridgehead atoms. The number of carbonyl (C=O) groups excluding carboxylic acids is 1. The maximum atomic E-state index is 13.4. The average molecular weight is 291 g/mol. The third-order valence-corrected chi connectivity index (χ3v) is 2.74. The summed E-state index contributed by atoms with van der Waals surface area (Å²) in [5.41, 5.74) is 6.38. The van der Waals surface area contributed by atoms with Crippen LogP contribution in [0.15, 0.2) is 18.3 Å². The summed E-state index contributed by atoms with van der Waals surface area (Å²) in [6.45, 7) is 0. The molecule has 0 aliphatic heterocycles. The molecule has 1 aromatic carbocycles. The molecule has 0 unspecified atom stereocenters. The van der Waals surface area contributed by atoms with Gasteiger partial charge in [-0.05, 0) is 11.6 Å². The number of carbonyl (C=O) groups is 1. The number of aromatic amines is 1. The van der Waals surface area contributed by atoms with Crippen LogP contribution in [0.2, 0.25) is 0 Å². The van der Waals surface area contributed by atoms with Crippen molar-refractivity contribution in [1.29, 1.82) is 0 Å². The van der Waals surface area contributed by atoms with Crippen molar-refractivity contribution >= 4 is 29.3 Å². The Morgan fingerprint density at radius 3 is 2.79 bits per heavy atom. The highest BCUT2D eigenvalue weighted by Gasteiger charge is 2.17. The molecule has 0 saturated carbocycles. The van der Waals surface area contributed by atoms with Gasteiger partial charge in [0.1, 0.15) is 17.7 Å². The number of H-pyrrole nitrogens is 1. The van der Waals surface area contributed by atoms with Gasteiger partial charge in [0, 0.05) is 24.1 Å². The van der Waals surface area contributed by atoms with Crippen molar-refractivity contribution in [3.63, 3.8) is 0 Å². The van der Waals surface area contributed by atoms with E-state index in [0.717, 1.165) is 6.07 Å². The van der Waals surface area contributed by atoms with E-state index < -0.39 is 23.6 Å². The van der Waals surface area contributed by atoms with Crippen molar-refractivity contribution in [2.75, 3.05) is 7.11 Å². The summed E-state index contributed by atoms with van der Waals surface area (Å²) < 4.78 is 31.1. The Hall–Kier alpha value is -1.66. The van der Waals surface area contributed by atoms with Gasteiger partial charge in [-0.25, -0.2) is 8.78 Å². The maximum Gasteiger partial charge on any atom is 0.322 e. The second kappa shape index (κ2) is 5.99. The first-order valence-electron chi connectivity index (χ1n) is 5.31. The van der Waals surface area contributed by atoms with Crippen LogP contribution in [0.3, 0.4) is 0 Å². The first-order chi connectivity index (χ1) is 8.52. The van der Waals surface area contributed by atoms with Crippen molar-refractivity contribution in [2.24, 2.45) is 5.73 Å². The summed E-state index contributed by atoms with van der Waals surface area (Å²) in [5, 5.41) is 0.381. The van der Waals surface area contributed by atoms with Crippen molar-refractivity contribution in [3.05, 3.63) is 35.5 Å². The molecule has 0 aliphatic rings. The number of fused-ring (bicyclic) bond motifs is 1. The lowest BCUT2D eigenvalue weighted by atomic mass is 10.1. The van der Waals surface area contributed by atoms with Gasteiger partial charge in [0.05, 0.1) is 12.6 Å². The number of hydrogen-bond donors (Lipinski definition) is 2. The van der Waals surface area contributed by atoms with E-state index >= 15 is 0 Å². The Kier molecular flexibility index (Phi) is 4.85. The fraction of sp³-hybridized carbons (Fsp3) is 0.250. The van der Waals surface area contributed by atoms with Crippen LogP contribution in [-0.2, 0) is 16.0 Å². The van der Waals surface area contributed by atoms with Crippen LogP contribution in [-0.4, -0.2) is 24.1 Å². The molecule has 1 atom stereocenters. The van der Waals surface area contributed by atoms with Crippen LogP contribution < -0.4 is 5.73 Å². The molecule has 3 N–H and O–H groups in total. The third kappa shape index (κ3) is 3.02. The van der Waals surface area contributed by atoms with E-state index in [1.54, 1.807) is 0 Å². The first kappa shape index (κ1) is 15.4. The standard InChI is InChI=1S/C12H12F2N2O2.ClH/c1-18-12(17)10(15)2-6-5-16-11-8(6)3-7(13)4-9(11)14;/h3-5,10,16H,2,15H2,1H3;1H/t10-;/m0./s1. The second-order valence-corrected chi connectivity index (χ2v) is 3.96. The number of esters is 1. The van der Waals surface area contributed by atoms with Crippen molar-refractivity contribution in [3.8, 4) is 0 Å². The van der Waals surface area contributed by atoms with Gasteiger partial charge in [0.2, 0.25) is 0 Å². The highest BCUT2D eigenvalue weighted by Crippen LogP contribution is 2.23. The zero-order valence-electron chi connectivity index (χ0n) is 10.1. The third-order valence-electron chi connectivity index (χ3n) is 2.74. The quantitative estimate of drug-likeness (QED) is 0.849. The lowest BCUT2D eigenvalue weighted by Crippen LogP contribution is -2.33. The topological polar surface area (TPSA) is 68.1 Å². The second-order valence-electron chi connectivity index (χ2n) is 3.96. The molecule has 4 nitrogen and oxygen atoms in total. The number of rotatable bonds is 3. The molecular weight excluding hydrogens is 278 g/mol. The number of benzene rings is 1. The van der Waals surface area contributed by atoms with Crippen molar-refractivity contribution in [1.82, 2.24) is 4.98 Å². The number of nitrogens with one attached hydrogen (secondary N) is 1. The minimum absolute atomic E-state index is 0. The van der Waals surface area contributed by atoms with E-state index in [1.807, 2.05) is 0 Å². The molecule has 0 radical (unpaired) electrons. The first-order valence-corrected chi connectivity index (χ1v) is 5.31. The van der Waals surface area contributed by atoms with Crippen LogP contribution in [0.5, 0.6) is 0 Å². The number of methoxy groups -OCH3 is 1. The Balaban J connectivity index is 0.00000180. The highest BCUT2D eigenvalue weighted by atomic mass is 35.5. The van der Waals surface area contributed by atoms with Gasteiger partial charge in [-0.3, -0.25) is 4.79 Å². The average Bonchev–Trinajstić information content (AvgIpc) is 2.71. The summed E-state index contributed by atoms with van der Waals surface area (Å²) in [6.07, 6.45) is 1.66. The van der Waals surface area contributed by atoms with Crippen molar-refractivity contribution < 1.29 is 18.3 Å². The number of nitrogens with two attached hydrogens (primary N) is 1. The predicted molar refractivity (Wildman–Crippen MR) is 69.2 cm³/mol. The Morgan fingerprint density at radius 2 is 2.16 bits per heavy atom. The molecule has 2 aromatic rings. The Bertz CT molecular complexity index is 601. The number of hydrogen-bond acceptors (Lipinski definition) is 3. The molecular formula is C12H13ClF2N2O2. The van der Waals surface area contributed by atoms with E-state index in [2.05, 4.69) is 9.72 Å². The fourth-order valence-corrected chi connectivity index (χ4v) is 1.85. The van der Waals surface area contributed by atoms with Gasteiger partial charge in [0.25, 0.3) is 0 Å². The van der Waals surface area contributed by atoms with Crippen LogP contribution in [0.1, 0.15) is 5.56 Å². The van der Waals surface area contributed by atoms with Crippen LogP contribution in [0, 0.1) is 11.6 Å². The molecule has 7 heteroatoms. The van der Waals surface area contributed by atoms with E-state index in [9.17, 15) is 13.6 Å². The van der Waals surface area contributed by atoms with Gasteiger partial charge < -0.3 is 15.5 Å². The van der Waals surface area contributed by atoms with Crippen LogP contribution >= 0.6 is 12.4 Å². The molecule has 0 fully saturated rings. The summed E-state index contributed by atoms with van der Waals surface area (Å²) in [6, 6.07) is 1.14. The number of ether oxygens (including phenoxy) is 1. The zero-order valence-corrected chi connectivity index (χ0v) is 10.9. The van der Waals surface area contributed by atoms with Crippen LogP contribution in [0.4, 0.5) is 8.78 Å². The minimum Gasteiger partial charge on any atom is -0.468 e. The molecule has 1 aromatic heterocycles. The molecule has 104 valence electrons. The predicted octanol–water partition coefficient (Wildman–Crippen LogP) is 1.91. The number of aromatic nitrogens is 1. The molecule has 0 spiro atoms. The molecule has 0 amide bonds. The summed E-state index contributed by atoms with van der Waals surface area (Å²) in [5.74, 6) is -1.92. The fourth-order valence-electron chi connectivity index (χ4n) is 1.85. The van der Waals surface area contributed by atoms with Crippen LogP contribution in [0.25, 0.3) is 10.9 Å². The summed E-state index contributed by atoms with van der Waals surface area (Å²) >= 11 is 0. The van der Waals surface area contributed by atoms with E-state index in [0.29, 0.717) is 10.9 Å². The molecule has 19 heavy (non-hydrogen) atoms.